The molecule has 2 heterocycles. The van der Waals surface area contributed by atoms with Crippen LogP contribution in [0.2, 0.25) is 0 Å². The van der Waals surface area contributed by atoms with Gasteiger partial charge in [0, 0.05) is 5.56 Å². The first-order valence-electron chi connectivity index (χ1n) is 9.93. The Bertz CT molecular complexity index is 1270. The average Bonchev–Trinajstić information content (AvgIpc) is 3.04. The molecule has 9 heteroatoms. The van der Waals surface area contributed by atoms with Crippen LogP contribution in [0.3, 0.4) is 0 Å². The van der Waals surface area contributed by atoms with Gasteiger partial charge in [0.2, 0.25) is 0 Å². The van der Waals surface area contributed by atoms with E-state index in [1.54, 1.807) is 25.1 Å². The standard InChI is InChI=1S/C24H18F3N3O3/c1-13-6-9-15(10-7-13)21(31)19-20(16-4-3-5-17(12-16)24(25,26)27)30(23(33)22(19)32)18-11-8-14(2)28-29-18/h3-12,20,32H,1-2H3. The number of benzene rings is 2. The summed E-state index contributed by atoms with van der Waals surface area (Å²) in [5, 5.41) is 18.5. The third-order valence-corrected chi connectivity index (χ3v) is 5.33. The van der Waals surface area contributed by atoms with Gasteiger partial charge in [0.25, 0.3) is 5.91 Å². The van der Waals surface area contributed by atoms with Crippen LogP contribution < -0.4 is 4.90 Å². The van der Waals surface area contributed by atoms with Crippen molar-refractivity contribution in [3.05, 3.63) is 99.9 Å². The van der Waals surface area contributed by atoms with Crippen molar-refractivity contribution in [2.24, 2.45) is 0 Å². The predicted octanol–water partition coefficient (Wildman–Crippen LogP) is 4.90. The van der Waals surface area contributed by atoms with Gasteiger partial charge in [0.05, 0.1) is 22.9 Å². The van der Waals surface area contributed by atoms with E-state index in [1.165, 1.54) is 30.3 Å². The van der Waals surface area contributed by atoms with Crippen molar-refractivity contribution in [3.8, 4) is 0 Å². The van der Waals surface area contributed by atoms with Crippen molar-refractivity contribution in [3.63, 3.8) is 0 Å². The fourth-order valence-electron chi connectivity index (χ4n) is 3.65. The van der Waals surface area contributed by atoms with Crippen molar-refractivity contribution in [1.82, 2.24) is 10.2 Å². The SMILES string of the molecule is Cc1ccc(C(=O)C2=C(O)C(=O)N(c3ccc(C)nn3)C2c2cccc(C(F)(F)F)c2)cc1. The van der Waals surface area contributed by atoms with E-state index in [9.17, 15) is 27.9 Å². The topological polar surface area (TPSA) is 83.4 Å². The van der Waals surface area contributed by atoms with Crippen LogP contribution in [0.25, 0.3) is 0 Å². The largest absolute Gasteiger partial charge is 0.503 e. The first kappa shape index (κ1) is 22.2. The molecule has 0 radical (unpaired) electrons. The molecule has 1 aliphatic heterocycles. The number of aromatic nitrogens is 2. The van der Waals surface area contributed by atoms with Crippen LogP contribution in [-0.4, -0.2) is 27.0 Å². The number of carbonyl (C=O) groups is 2. The summed E-state index contributed by atoms with van der Waals surface area (Å²) in [5.74, 6) is -2.48. The molecule has 6 nitrogen and oxygen atoms in total. The number of aliphatic hydroxyl groups excluding tert-OH is 1. The van der Waals surface area contributed by atoms with Crippen LogP contribution in [0.1, 0.15) is 38.8 Å². The van der Waals surface area contributed by atoms with Gasteiger partial charge in [-0.3, -0.25) is 14.5 Å². The van der Waals surface area contributed by atoms with Crippen molar-refractivity contribution < 1.29 is 27.9 Å². The van der Waals surface area contributed by atoms with Gasteiger partial charge in [-0.05, 0) is 43.7 Å². The minimum Gasteiger partial charge on any atom is -0.503 e. The Balaban J connectivity index is 1.90. The van der Waals surface area contributed by atoms with E-state index in [1.807, 2.05) is 6.92 Å². The van der Waals surface area contributed by atoms with Crippen LogP contribution in [0, 0.1) is 13.8 Å². The number of nitrogens with zero attached hydrogens (tertiary/aromatic N) is 3. The lowest BCUT2D eigenvalue weighted by Crippen LogP contribution is -2.32. The molecule has 168 valence electrons. The lowest BCUT2D eigenvalue weighted by molar-refractivity contribution is -0.137. The second-order valence-electron chi connectivity index (χ2n) is 7.69. The number of hydrogen-bond donors (Lipinski definition) is 1. The number of hydrogen-bond acceptors (Lipinski definition) is 5. The molecule has 1 amide bonds. The second kappa shape index (κ2) is 8.16. The summed E-state index contributed by atoms with van der Waals surface area (Å²) < 4.78 is 40.2. The Labute approximate surface area is 187 Å². The third kappa shape index (κ3) is 4.09. The Morgan fingerprint density at radius 1 is 1.00 bits per heavy atom. The van der Waals surface area contributed by atoms with Gasteiger partial charge in [-0.15, -0.1) is 5.10 Å². The van der Waals surface area contributed by atoms with E-state index in [0.29, 0.717) is 5.69 Å². The van der Waals surface area contributed by atoms with Crippen LogP contribution in [0.4, 0.5) is 19.0 Å². The number of ketones is 1. The molecule has 4 rings (SSSR count). The zero-order valence-electron chi connectivity index (χ0n) is 17.6. The van der Waals surface area contributed by atoms with E-state index in [-0.39, 0.29) is 22.5 Å². The van der Waals surface area contributed by atoms with E-state index in [0.717, 1.165) is 22.6 Å². The van der Waals surface area contributed by atoms with E-state index in [2.05, 4.69) is 10.2 Å². The van der Waals surface area contributed by atoms with E-state index in [4.69, 9.17) is 0 Å². The van der Waals surface area contributed by atoms with Crippen molar-refractivity contribution >= 4 is 17.5 Å². The molecule has 1 atom stereocenters. The van der Waals surface area contributed by atoms with Crippen molar-refractivity contribution in [2.45, 2.75) is 26.1 Å². The maximum Gasteiger partial charge on any atom is 0.416 e. The molecule has 0 spiro atoms. The molecule has 1 aromatic heterocycles. The van der Waals surface area contributed by atoms with Crippen molar-refractivity contribution in [1.29, 1.82) is 0 Å². The molecule has 0 aliphatic carbocycles. The number of carbonyl (C=O) groups excluding carboxylic acids is 2. The Morgan fingerprint density at radius 3 is 2.30 bits per heavy atom. The van der Waals surface area contributed by atoms with Gasteiger partial charge in [-0.25, -0.2) is 0 Å². The zero-order chi connectivity index (χ0) is 23.9. The van der Waals surface area contributed by atoms with Gasteiger partial charge >= 0.3 is 6.18 Å². The highest BCUT2D eigenvalue weighted by Crippen LogP contribution is 2.42. The van der Waals surface area contributed by atoms with Crippen molar-refractivity contribution in [2.75, 3.05) is 4.90 Å². The highest BCUT2D eigenvalue weighted by atomic mass is 19.4. The molecule has 0 saturated heterocycles. The number of aryl methyl sites for hydroxylation is 2. The summed E-state index contributed by atoms with van der Waals surface area (Å²) in [4.78, 5) is 27.4. The maximum absolute atomic E-state index is 13.4. The van der Waals surface area contributed by atoms with Crippen LogP contribution in [0.5, 0.6) is 0 Å². The molecule has 3 aromatic rings. The smallest absolute Gasteiger partial charge is 0.416 e. The minimum atomic E-state index is -4.64. The molecular weight excluding hydrogens is 435 g/mol. The molecule has 0 bridgehead atoms. The number of halogens is 3. The third-order valence-electron chi connectivity index (χ3n) is 5.33. The fraction of sp³-hybridized carbons (Fsp3) is 0.167. The number of aliphatic hydroxyl groups is 1. The van der Waals surface area contributed by atoms with E-state index < -0.39 is 35.2 Å². The molecular formula is C24H18F3N3O3. The number of alkyl halides is 3. The zero-order valence-corrected chi connectivity index (χ0v) is 17.6. The van der Waals surface area contributed by atoms with Gasteiger partial charge in [0.1, 0.15) is 0 Å². The Kier molecular flexibility index (Phi) is 5.49. The van der Waals surface area contributed by atoms with Crippen LogP contribution >= 0.6 is 0 Å². The summed E-state index contributed by atoms with van der Waals surface area (Å²) in [6.45, 7) is 3.50. The molecule has 0 fully saturated rings. The number of amides is 1. The number of rotatable bonds is 4. The highest BCUT2D eigenvalue weighted by molar-refractivity contribution is 6.20. The van der Waals surface area contributed by atoms with Gasteiger partial charge in [0.15, 0.2) is 17.4 Å². The highest BCUT2D eigenvalue weighted by Gasteiger charge is 2.46. The molecule has 0 saturated carbocycles. The lowest BCUT2D eigenvalue weighted by Gasteiger charge is -2.26. The quantitative estimate of drug-likeness (QED) is 0.569. The summed E-state index contributed by atoms with van der Waals surface area (Å²) >= 11 is 0. The fourth-order valence-corrected chi connectivity index (χ4v) is 3.65. The molecule has 2 aromatic carbocycles. The number of Topliss-reactive ketones (excluding diaryl/α,β-unsaturated/α-hetero) is 1. The summed E-state index contributed by atoms with van der Waals surface area (Å²) in [6, 6.07) is 12.4. The summed E-state index contributed by atoms with van der Waals surface area (Å²) in [5.41, 5.74) is 0.345. The van der Waals surface area contributed by atoms with E-state index >= 15 is 0 Å². The predicted molar refractivity (Wildman–Crippen MR) is 114 cm³/mol. The monoisotopic (exact) mass is 453 g/mol. The maximum atomic E-state index is 13.4. The van der Waals surface area contributed by atoms with Gasteiger partial charge in [-0.1, -0.05) is 42.0 Å². The van der Waals surface area contributed by atoms with Crippen LogP contribution in [-0.2, 0) is 11.0 Å². The van der Waals surface area contributed by atoms with Gasteiger partial charge in [-0.2, -0.15) is 18.3 Å². The summed E-state index contributed by atoms with van der Waals surface area (Å²) in [6.07, 6.45) is -4.64. The Morgan fingerprint density at radius 2 is 1.70 bits per heavy atom. The Hall–Kier alpha value is -4.01. The molecule has 33 heavy (non-hydrogen) atoms. The average molecular weight is 453 g/mol. The normalized spacial score (nSPS) is 16.5. The number of anilines is 1. The second-order valence-corrected chi connectivity index (χ2v) is 7.69. The first-order valence-corrected chi connectivity index (χ1v) is 9.93. The van der Waals surface area contributed by atoms with Gasteiger partial charge < -0.3 is 5.11 Å². The molecule has 1 N–H and O–H groups in total. The minimum absolute atomic E-state index is 0.0000571. The molecule has 1 unspecified atom stereocenters. The summed E-state index contributed by atoms with van der Waals surface area (Å²) in [7, 11) is 0. The molecule has 1 aliphatic rings. The first-order chi connectivity index (χ1) is 15.6. The lowest BCUT2D eigenvalue weighted by atomic mass is 9.91. The van der Waals surface area contributed by atoms with Crippen LogP contribution in [0.15, 0.2) is 72.0 Å².